The van der Waals surface area contributed by atoms with E-state index >= 15 is 0 Å². The number of allylic oxidation sites excluding steroid dienone is 1. The van der Waals surface area contributed by atoms with Gasteiger partial charge in [-0.2, -0.15) is 11.5 Å². The van der Waals surface area contributed by atoms with Crippen molar-refractivity contribution in [3.8, 4) is 0 Å². The van der Waals surface area contributed by atoms with Crippen LogP contribution in [0.5, 0.6) is 0 Å². The first-order valence-corrected chi connectivity index (χ1v) is 6.73. The van der Waals surface area contributed by atoms with Crippen LogP contribution in [0.4, 0.5) is 0 Å². The van der Waals surface area contributed by atoms with Gasteiger partial charge in [-0.25, -0.2) is 0 Å². The molecule has 1 aliphatic carbocycles. The fourth-order valence-corrected chi connectivity index (χ4v) is 2.45. The van der Waals surface area contributed by atoms with E-state index in [0.29, 0.717) is 0 Å². The van der Waals surface area contributed by atoms with Gasteiger partial charge in [0, 0.05) is 32.7 Å². The van der Waals surface area contributed by atoms with Crippen LogP contribution in [0.2, 0.25) is 0 Å². The fraction of sp³-hybridized carbons (Fsp3) is 0.353. The van der Waals surface area contributed by atoms with Gasteiger partial charge in [-0.1, -0.05) is 52.8 Å². The molecule has 1 aromatic carbocycles. The Hall–Kier alpha value is -0.526. The molecule has 0 saturated heterocycles. The molecule has 1 radical (unpaired) electrons. The molecule has 2 heteroatoms. The Morgan fingerprint density at radius 3 is 2.47 bits per heavy atom. The van der Waals surface area contributed by atoms with Crippen molar-refractivity contribution in [3.63, 3.8) is 0 Å². The van der Waals surface area contributed by atoms with Gasteiger partial charge in [-0.3, -0.25) is 0 Å². The molecule has 0 saturated carbocycles. The van der Waals surface area contributed by atoms with Gasteiger partial charge >= 0.3 is 0 Å². The van der Waals surface area contributed by atoms with E-state index in [9.17, 15) is 0 Å². The quantitative estimate of drug-likeness (QED) is 0.641. The number of rotatable bonds is 0. The topological polar surface area (TPSA) is 15.8 Å². The Kier molecular flexibility index (Phi) is 5.47. The SMILES string of the molecule is CC.C[C-]1c2c(ccc3[nH]ccc23)C=CC1(C)C.[Y]. The second kappa shape index (κ2) is 6.28. The normalized spacial score (nSPS) is 15.3. The summed E-state index contributed by atoms with van der Waals surface area (Å²) in [6, 6.07) is 6.53. The standard InChI is InChI=1S/C15H16N.C2H6.Y/c1-10-14-11(6-8-15(10,2)3)4-5-13-12(14)7-9-16-13;1-2;/h4-9,16H,1-3H3;1-2H3;/q-1;;. The van der Waals surface area contributed by atoms with Crippen molar-refractivity contribution >= 4 is 17.0 Å². The van der Waals surface area contributed by atoms with E-state index in [4.69, 9.17) is 0 Å². The van der Waals surface area contributed by atoms with Gasteiger partial charge in [0.2, 0.25) is 0 Å². The molecular formula is C17H22NY-. The summed E-state index contributed by atoms with van der Waals surface area (Å²) in [5.41, 5.74) is 4.14. The second-order valence-corrected chi connectivity index (χ2v) is 5.15. The van der Waals surface area contributed by atoms with Crippen LogP contribution in [0, 0.1) is 11.3 Å². The van der Waals surface area contributed by atoms with Gasteiger partial charge < -0.3 is 4.98 Å². The van der Waals surface area contributed by atoms with Crippen LogP contribution in [0.1, 0.15) is 45.7 Å². The maximum atomic E-state index is 3.28. The predicted molar refractivity (Wildman–Crippen MR) is 80.5 cm³/mol. The molecule has 1 nitrogen and oxygen atoms in total. The number of hydrogen-bond acceptors (Lipinski definition) is 0. The summed E-state index contributed by atoms with van der Waals surface area (Å²) in [5.74, 6) is 1.45. The van der Waals surface area contributed by atoms with Crippen LogP contribution in [0.3, 0.4) is 0 Å². The van der Waals surface area contributed by atoms with Crippen molar-refractivity contribution in [2.24, 2.45) is 5.41 Å². The Morgan fingerprint density at radius 2 is 1.79 bits per heavy atom. The third kappa shape index (κ3) is 2.83. The molecule has 2 aromatic rings. The molecule has 1 aromatic heterocycles. The van der Waals surface area contributed by atoms with E-state index < -0.39 is 0 Å². The maximum absolute atomic E-state index is 3.28. The summed E-state index contributed by atoms with van der Waals surface area (Å²) in [7, 11) is 0. The molecule has 0 amide bonds. The van der Waals surface area contributed by atoms with Crippen molar-refractivity contribution in [1.82, 2.24) is 4.98 Å². The van der Waals surface area contributed by atoms with Crippen LogP contribution in [-0.2, 0) is 32.7 Å². The molecular weight excluding hydrogens is 307 g/mol. The molecule has 19 heavy (non-hydrogen) atoms. The van der Waals surface area contributed by atoms with E-state index in [0.717, 1.165) is 0 Å². The summed E-state index contributed by atoms with van der Waals surface area (Å²) < 4.78 is 0. The molecule has 0 atom stereocenters. The van der Waals surface area contributed by atoms with Gasteiger partial charge in [0.25, 0.3) is 0 Å². The van der Waals surface area contributed by atoms with Crippen molar-refractivity contribution in [2.75, 3.05) is 0 Å². The molecule has 1 heterocycles. The summed E-state index contributed by atoms with van der Waals surface area (Å²) in [6.07, 6.45) is 6.56. The summed E-state index contributed by atoms with van der Waals surface area (Å²) in [5, 5.41) is 1.34. The number of fused-ring (bicyclic) bond motifs is 3. The molecule has 0 spiro atoms. The first-order chi connectivity index (χ1) is 8.59. The van der Waals surface area contributed by atoms with E-state index in [-0.39, 0.29) is 38.1 Å². The number of hydrogen-bond donors (Lipinski definition) is 1. The molecule has 0 unspecified atom stereocenters. The van der Waals surface area contributed by atoms with Crippen molar-refractivity contribution in [1.29, 1.82) is 0 Å². The van der Waals surface area contributed by atoms with Crippen molar-refractivity contribution in [3.05, 3.63) is 47.5 Å². The Morgan fingerprint density at radius 1 is 1.11 bits per heavy atom. The van der Waals surface area contributed by atoms with Crippen LogP contribution < -0.4 is 0 Å². The van der Waals surface area contributed by atoms with Gasteiger partial charge in [-0.05, 0) is 17.1 Å². The monoisotopic (exact) mass is 329 g/mol. The molecule has 0 aliphatic heterocycles. The first-order valence-electron chi connectivity index (χ1n) is 6.73. The average molecular weight is 329 g/mol. The maximum Gasteiger partial charge on any atom is 0 e. The van der Waals surface area contributed by atoms with Gasteiger partial charge in [0.1, 0.15) is 0 Å². The zero-order valence-corrected chi connectivity index (χ0v) is 15.4. The predicted octanol–water partition coefficient (Wildman–Crippen LogP) is 5.19. The van der Waals surface area contributed by atoms with Gasteiger partial charge in [0.05, 0.1) is 0 Å². The van der Waals surface area contributed by atoms with Crippen LogP contribution >= 0.6 is 0 Å². The molecule has 3 rings (SSSR count). The minimum absolute atomic E-state index is 0. The number of aromatic amines is 1. The van der Waals surface area contributed by atoms with Gasteiger partial charge in [0.15, 0.2) is 0 Å². The Labute approximate surface area is 141 Å². The summed E-state index contributed by atoms with van der Waals surface area (Å²) in [6.45, 7) is 10.8. The molecule has 99 valence electrons. The zero-order valence-electron chi connectivity index (χ0n) is 12.5. The van der Waals surface area contributed by atoms with Crippen LogP contribution in [0.15, 0.2) is 30.5 Å². The van der Waals surface area contributed by atoms with Crippen LogP contribution in [-0.4, -0.2) is 4.98 Å². The Bertz CT molecular complexity index is 578. The number of nitrogens with one attached hydrogen (secondary N) is 1. The number of aromatic nitrogens is 1. The zero-order chi connectivity index (χ0) is 13.3. The van der Waals surface area contributed by atoms with E-state index in [1.807, 2.05) is 20.0 Å². The average Bonchev–Trinajstić information content (AvgIpc) is 2.84. The largest absolute Gasteiger partial charge is 0.372 e. The van der Waals surface area contributed by atoms with Crippen molar-refractivity contribution in [2.45, 2.75) is 34.6 Å². The van der Waals surface area contributed by atoms with E-state index in [1.54, 1.807) is 0 Å². The van der Waals surface area contributed by atoms with Gasteiger partial charge in [-0.15, -0.1) is 23.1 Å². The minimum atomic E-state index is 0. The van der Waals surface area contributed by atoms with Crippen molar-refractivity contribution < 1.29 is 32.7 Å². The third-order valence-corrected chi connectivity index (χ3v) is 3.79. The third-order valence-electron chi connectivity index (χ3n) is 3.79. The molecule has 1 aliphatic rings. The molecule has 0 bridgehead atoms. The first kappa shape index (κ1) is 16.5. The van der Waals surface area contributed by atoms with Crippen LogP contribution in [0.25, 0.3) is 17.0 Å². The fourth-order valence-electron chi connectivity index (χ4n) is 2.45. The van der Waals surface area contributed by atoms with E-state index in [2.05, 4.69) is 56.1 Å². The summed E-state index contributed by atoms with van der Waals surface area (Å²) in [4.78, 5) is 3.28. The molecule has 1 N–H and O–H groups in total. The smallest absolute Gasteiger partial charge is 0 e. The minimum Gasteiger partial charge on any atom is -0.372 e. The van der Waals surface area contributed by atoms with E-state index in [1.165, 1.54) is 27.9 Å². The number of benzene rings is 1. The number of H-pyrrole nitrogens is 1. The molecule has 0 fully saturated rings. The summed E-state index contributed by atoms with van der Waals surface area (Å²) >= 11 is 0. The Balaban J connectivity index is 0.000000576. The second-order valence-electron chi connectivity index (χ2n) is 5.15.